The molecule has 0 spiro atoms. The predicted octanol–water partition coefficient (Wildman–Crippen LogP) is 0.747. The van der Waals surface area contributed by atoms with Crippen molar-refractivity contribution in [2.24, 2.45) is 11.8 Å². The summed E-state index contributed by atoms with van der Waals surface area (Å²) in [5.74, 6) is -0.786. The fourth-order valence-electron chi connectivity index (χ4n) is 4.06. The number of carboxylic acids is 1. The first-order valence-electron chi connectivity index (χ1n) is 7.41. The van der Waals surface area contributed by atoms with E-state index in [0.29, 0.717) is 18.9 Å². The number of carbonyl (C=O) groups is 2. The smallest absolute Gasteiger partial charge is 0.320 e. The first-order valence-corrected chi connectivity index (χ1v) is 7.41. The molecule has 3 aliphatic rings. The lowest BCUT2D eigenvalue weighted by Crippen LogP contribution is -2.48. The minimum absolute atomic E-state index is 0.0392. The first kappa shape index (κ1) is 13.7. The van der Waals surface area contributed by atoms with Gasteiger partial charge in [0, 0.05) is 25.7 Å². The zero-order valence-corrected chi connectivity index (χ0v) is 11.7. The molecule has 2 saturated heterocycles. The van der Waals surface area contributed by atoms with Crippen LogP contribution < -0.4 is 0 Å². The molecule has 112 valence electrons. The second kappa shape index (κ2) is 4.91. The summed E-state index contributed by atoms with van der Waals surface area (Å²) in [6.07, 6.45) is 3.66. The summed E-state index contributed by atoms with van der Waals surface area (Å²) in [6, 6.07) is -0.0647. The van der Waals surface area contributed by atoms with E-state index in [4.69, 9.17) is 0 Å². The molecule has 3 fully saturated rings. The van der Waals surface area contributed by atoms with Crippen molar-refractivity contribution in [1.29, 1.82) is 0 Å². The molecule has 2 aliphatic heterocycles. The average molecular weight is 282 g/mol. The fourth-order valence-corrected chi connectivity index (χ4v) is 4.06. The van der Waals surface area contributed by atoms with Gasteiger partial charge in [0.1, 0.15) is 0 Å². The monoisotopic (exact) mass is 282 g/mol. The molecule has 3 atom stereocenters. The molecule has 2 heterocycles. The summed E-state index contributed by atoms with van der Waals surface area (Å²) in [4.78, 5) is 27.2. The van der Waals surface area contributed by atoms with Crippen LogP contribution in [0.3, 0.4) is 0 Å². The molecule has 1 saturated carbocycles. The Morgan fingerprint density at radius 2 is 1.95 bits per heavy atom. The molecule has 2 amide bonds. The summed E-state index contributed by atoms with van der Waals surface area (Å²) in [6.45, 7) is 0.656. The molecule has 1 aliphatic carbocycles. The van der Waals surface area contributed by atoms with E-state index in [-0.39, 0.29) is 24.2 Å². The third-order valence-corrected chi connectivity index (χ3v) is 5.14. The third kappa shape index (κ3) is 2.16. The molecule has 6 heteroatoms. The van der Waals surface area contributed by atoms with Crippen molar-refractivity contribution in [3.05, 3.63) is 0 Å². The molecule has 0 aromatic carbocycles. The van der Waals surface area contributed by atoms with Gasteiger partial charge in [-0.1, -0.05) is 0 Å². The minimum atomic E-state index is -0.778. The normalized spacial score (nSPS) is 38.7. The maximum Gasteiger partial charge on any atom is 0.320 e. The largest absolute Gasteiger partial charge is 0.481 e. The Morgan fingerprint density at radius 1 is 1.25 bits per heavy atom. The number of aliphatic carboxylic acids is 1. The van der Waals surface area contributed by atoms with Crippen molar-refractivity contribution in [1.82, 2.24) is 9.80 Å². The highest BCUT2D eigenvalue weighted by Gasteiger charge is 2.52. The quantitative estimate of drug-likeness (QED) is 0.800. The van der Waals surface area contributed by atoms with E-state index in [1.54, 1.807) is 16.8 Å². The number of carboxylic acid groups (broad SMARTS) is 1. The second-order valence-electron chi connectivity index (χ2n) is 6.54. The molecule has 3 rings (SSSR count). The van der Waals surface area contributed by atoms with Crippen LogP contribution in [0.25, 0.3) is 0 Å². The Bertz CT molecular complexity index is 421. The van der Waals surface area contributed by atoms with Gasteiger partial charge in [-0.05, 0) is 38.0 Å². The molecule has 6 nitrogen and oxygen atoms in total. The van der Waals surface area contributed by atoms with Gasteiger partial charge in [-0.2, -0.15) is 0 Å². The average Bonchev–Trinajstić information content (AvgIpc) is 2.93. The number of carbonyl (C=O) groups excluding carboxylic acids is 1. The van der Waals surface area contributed by atoms with E-state index in [9.17, 15) is 19.8 Å². The lowest BCUT2D eigenvalue weighted by molar-refractivity contribution is -0.142. The van der Waals surface area contributed by atoms with Crippen LogP contribution in [-0.4, -0.2) is 63.8 Å². The number of hydrogen-bond donors (Lipinski definition) is 2. The number of fused-ring (bicyclic) bond motifs is 2. The topological polar surface area (TPSA) is 81.1 Å². The van der Waals surface area contributed by atoms with E-state index in [1.807, 2.05) is 0 Å². The van der Waals surface area contributed by atoms with Crippen molar-refractivity contribution in [3.63, 3.8) is 0 Å². The van der Waals surface area contributed by atoms with Crippen LogP contribution >= 0.6 is 0 Å². The summed E-state index contributed by atoms with van der Waals surface area (Å²) >= 11 is 0. The van der Waals surface area contributed by atoms with Gasteiger partial charge >= 0.3 is 12.0 Å². The Morgan fingerprint density at radius 3 is 2.50 bits per heavy atom. The van der Waals surface area contributed by atoms with Crippen molar-refractivity contribution in [2.75, 3.05) is 13.6 Å². The van der Waals surface area contributed by atoms with Crippen LogP contribution in [0.1, 0.15) is 32.1 Å². The number of urea groups is 1. The van der Waals surface area contributed by atoms with Gasteiger partial charge in [0.05, 0.1) is 12.0 Å². The van der Waals surface area contributed by atoms with Gasteiger partial charge in [0.2, 0.25) is 0 Å². The second-order valence-corrected chi connectivity index (χ2v) is 6.54. The van der Waals surface area contributed by atoms with Crippen LogP contribution in [0.15, 0.2) is 0 Å². The van der Waals surface area contributed by atoms with Crippen LogP contribution in [0, 0.1) is 11.8 Å². The number of aliphatic hydroxyl groups excluding tert-OH is 1. The summed E-state index contributed by atoms with van der Waals surface area (Å²) in [5.41, 5.74) is 0. The fraction of sp³-hybridized carbons (Fsp3) is 0.857. The minimum Gasteiger partial charge on any atom is -0.481 e. The highest BCUT2D eigenvalue weighted by Crippen LogP contribution is 2.42. The lowest BCUT2D eigenvalue weighted by atomic mass is 9.82. The maximum atomic E-state index is 12.5. The predicted molar refractivity (Wildman–Crippen MR) is 71.1 cm³/mol. The number of rotatable bonds is 3. The Balaban J connectivity index is 1.61. The summed E-state index contributed by atoms with van der Waals surface area (Å²) in [7, 11) is 1.78. The van der Waals surface area contributed by atoms with E-state index in [0.717, 1.165) is 25.7 Å². The molecule has 2 N–H and O–H groups in total. The van der Waals surface area contributed by atoms with Crippen molar-refractivity contribution in [3.8, 4) is 0 Å². The van der Waals surface area contributed by atoms with E-state index >= 15 is 0 Å². The van der Waals surface area contributed by atoms with Gasteiger partial charge in [0.15, 0.2) is 0 Å². The maximum absolute atomic E-state index is 12.5. The number of hydrogen-bond acceptors (Lipinski definition) is 3. The summed E-state index contributed by atoms with van der Waals surface area (Å²) < 4.78 is 0. The number of amides is 2. The third-order valence-electron chi connectivity index (χ3n) is 5.14. The molecular formula is C14H22N2O4. The van der Waals surface area contributed by atoms with Crippen LogP contribution in [0.4, 0.5) is 4.79 Å². The van der Waals surface area contributed by atoms with E-state index < -0.39 is 11.9 Å². The Kier molecular flexibility index (Phi) is 3.36. The van der Waals surface area contributed by atoms with Gasteiger partial charge in [-0.3, -0.25) is 4.79 Å². The molecule has 0 aromatic rings. The van der Waals surface area contributed by atoms with Crippen LogP contribution in [-0.2, 0) is 4.79 Å². The molecule has 20 heavy (non-hydrogen) atoms. The summed E-state index contributed by atoms with van der Waals surface area (Å²) in [5, 5.41) is 18.5. The highest BCUT2D eigenvalue weighted by atomic mass is 16.4. The van der Waals surface area contributed by atoms with Crippen LogP contribution in [0.2, 0.25) is 0 Å². The standard InChI is InChI=1S/C14H22N2O4/c1-15(7-8-4-10(17)5-8)14(20)16-9-2-3-12(16)11(6-9)13(18)19/h8-12,17H,2-7H2,1H3,(H,18,19). The van der Waals surface area contributed by atoms with Crippen molar-refractivity contribution < 1.29 is 19.8 Å². The molecule has 0 aromatic heterocycles. The van der Waals surface area contributed by atoms with Gasteiger partial charge in [-0.15, -0.1) is 0 Å². The van der Waals surface area contributed by atoms with E-state index in [2.05, 4.69) is 0 Å². The van der Waals surface area contributed by atoms with Crippen molar-refractivity contribution in [2.45, 2.75) is 50.3 Å². The van der Waals surface area contributed by atoms with E-state index in [1.165, 1.54) is 0 Å². The van der Waals surface area contributed by atoms with Gasteiger partial charge in [-0.25, -0.2) is 4.79 Å². The Hall–Kier alpha value is -1.30. The number of nitrogens with zero attached hydrogens (tertiary/aromatic N) is 2. The van der Waals surface area contributed by atoms with Gasteiger partial charge < -0.3 is 20.0 Å². The van der Waals surface area contributed by atoms with Crippen LogP contribution in [0.5, 0.6) is 0 Å². The first-order chi connectivity index (χ1) is 9.47. The molecule has 3 unspecified atom stereocenters. The molecule has 0 radical (unpaired) electrons. The number of aliphatic hydroxyl groups is 1. The lowest BCUT2D eigenvalue weighted by Gasteiger charge is -2.36. The van der Waals surface area contributed by atoms with Crippen molar-refractivity contribution >= 4 is 12.0 Å². The SMILES string of the molecule is CN(CC1CC(O)C1)C(=O)N1C2CCC1C(C(=O)O)C2. The highest BCUT2D eigenvalue weighted by molar-refractivity contribution is 5.79. The zero-order chi connectivity index (χ0) is 14.4. The van der Waals surface area contributed by atoms with Gasteiger partial charge in [0.25, 0.3) is 0 Å². The zero-order valence-electron chi connectivity index (χ0n) is 11.7. The molecular weight excluding hydrogens is 260 g/mol. The molecule has 2 bridgehead atoms. The Labute approximate surface area is 118 Å².